The lowest BCUT2D eigenvalue weighted by molar-refractivity contribution is 0.0600. The number of esters is 1. The molecule has 1 aromatic carbocycles. The summed E-state index contributed by atoms with van der Waals surface area (Å²) in [6, 6.07) is 8.95. The van der Waals surface area contributed by atoms with Crippen LogP contribution in [-0.4, -0.2) is 68.6 Å². The van der Waals surface area contributed by atoms with E-state index in [1.807, 2.05) is 23.2 Å². The SMILES string of the molecule is COC(=O)c1cc(OC)cc(-n2cnc(Nc3nc(N4CCC[C@H]4CO)nn4cccc34)c2)c1. The van der Waals surface area contributed by atoms with Crippen molar-refractivity contribution in [1.29, 1.82) is 0 Å². The third-order valence-electron chi connectivity index (χ3n) is 5.90. The first-order valence-electron chi connectivity index (χ1n) is 10.9. The number of rotatable bonds is 7. The molecule has 11 nitrogen and oxygen atoms in total. The lowest BCUT2D eigenvalue weighted by Crippen LogP contribution is -2.34. The minimum absolute atomic E-state index is 0.0112. The molecule has 0 bridgehead atoms. The standard InChI is InChI=1S/C23H25N7O4/c1-33-18-10-15(22(32)34-2)9-17(11-18)28-12-20(24-14-28)25-21-19-6-4-8-30(19)27-23(26-21)29-7-3-5-16(29)13-31/h4,6,8-12,14,16,31H,3,5,7,13H2,1-2H3,(H,25,26,27)/t16-/m0/s1. The molecule has 0 unspecified atom stereocenters. The number of methoxy groups -OCH3 is 2. The average molecular weight is 463 g/mol. The number of hydrogen-bond acceptors (Lipinski definition) is 9. The summed E-state index contributed by atoms with van der Waals surface area (Å²) in [6.45, 7) is 0.860. The molecule has 3 aromatic heterocycles. The van der Waals surface area contributed by atoms with Gasteiger partial charge in [0.1, 0.15) is 23.4 Å². The molecule has 176 valence electrons. The van der Waals surface area contributed by atoms with Crippen LogP contribution in [0.5, 0.6) is 5.75 Å². The molecular formula is C23H25N7O4. The number of aromatic nitrogens is 5. The highest BCUT2D eigenvalue weighted by molar-refractivity contribution is 5.90. The predicted molar refractivity (Wildman–Crippen MR) is 125 cm³/mol. The highest BCUT2D eigenvalue weighted by atomic mass is 16.5. The number of nitrogens with one attached hydrogen (secondary N) is 1. The van der Waals surface area contributed by atoms with E-state index in [9.17, 15) is 9.90 Å². The van der Waals surface area contributed by atoms with E-state index in [0.717, 1.165) is 24.9 Å². The summed E-state index contributed by atoms with van der Waals surface area (Å²) in [4.78, 5) is 23.3. The zero-order chi connectivity index (χ0) is 23.7. The van der Waals surface area contributed by atoms with E-state index in [1.165, 1.54) is 14.2 Å². The molecule has 1 saturated heterocycles. The van der Waals surface area contributed by atoms with Gasteiger partial charge >= 0.3 is 5.97 Å². The molecule has 34 heavy (non-hydrogen) atoms. The second-order valence-electron chi connectivity index (χ2n) is 7.97. The van der Waals surface area contributed by atoms with Crippen LogP contribution in [0.1, 0.15) is 23.2 Å². The number of benzene rings is 1. The number of hydrogen-bond donors (Lipinski definition) is 2. The second kappa shape index (κ2) is 9.02. The first-order valence-corrected chi connectivity index (χ1v) is 10.9. The van der Waals surface area contributed by atoms with Crippen molar-refractivity contribution in [1.82, 2.24) is 24.1 Å². The van der Waals surface area contributed by atoms with Crippen LogP contribution in [0, 0.1) is 0 Å². The Hall–Kier alpha value is -4.12. The maximum Gasteiger partial charge on any atom is 0.338 e. The molecule has 0 spiro atoms. The fraction of sp³-hybridized carbons (Fsp3) is 0.304. The number of ether oxygens (including phenoxy) is 2. The van der Waals surface area contributed by atoms with Crippen LogP contribution in [-0.2, 0) is 4.74 Å². The van der Waals surface area contributed by atoms with Gasteiger partial charge in [-0.15, -0.1) is 5.10 Å². The fourth-order valence-corrected chi connectivity index (χ4v) is 4.16. The second-order valence-corrected chi connectivity index (χ2v) is 7.97. The molecule has 11 heteroatoms. The zero-order valence-corrected chi connectivity index (χ0v) is 18.9. The first kappa shape index (κ1) is 21.7. The van der Waals surface area contributed by atoms with Crippen LogP contribution >= 0.6 is 0 Å². The van der Waals surface area contributed by atoms with E-state index >= 15 is 0 Å². The maximum atomic E-state index is 12.0. The first-order chi connectivity index (χ1) is 16.6. The lowest BCUT2D eigenvalue weighted by Gasteiger charge is -2.23. The van der Waals surface area contributed by atoms with Gasteiger partial charge in [-0.05, 0) is 37.1 Å². The highest BCUT2D eigenvalue weighted by Gasteiger charge is 2.27. The number of fused-ring (bicyclic) bond motifs is 1. The Balaban J connectivity index is 1.47. The van der Waals surface area contributed by atoms with Crippen molar-refractivity contribution in [2.75, 3.05) is 37.6 Å². The fourth-order valence-electron chi connectivity index (χ4n) is 4.16. The lowest BCUT2D eigenvalue weighted by atomic mass is 10.2. The molecule has 4 aromatic rings. The van der Waals surface area contributed by atoms with E-state index in [2.05, 4.69) is 15.4 Å². The van der Waals surface area contributed by atoms with Crippen molar-refractivity contribution in [2.45, 2.75) is 18.9 Å². The summed E-state index contributed by atoms with van der Waals surface area (Å²) in [5, 5.41) is 17.6. The Morgan fingerprint density at radius 1 is 1.29 bits per heavy atom. The number of nitrogens with zero attached hydrogens (tertiary/aromatic N) is 6. The summed E-state index contributed by atoms with van der Waals surface area (Å²) in [5.74, 6) is 1.80. The van der Waals surface area contributed by atoms with Crippen molar-refractivity contribution in [3.05, 3.63) is 54.6 Å². The minimum Gasteiger partial charge on any atom is -0.497 e. The Morgan fingerprint density at radius 3 is 2.97 bits per heavy atom. The van der Waals surface area contributed by atoms with Gasteiger partial charge in [0.25, 0.3) is 0 Å². The van der Waals surface area contributed by atoms with Crippen molar-refractivity contribution >= 4 is 29.1 Å². The molecule has 1 aliphatic rings. The quantitative estimate of drug-likeness (QED) is 0.398. The van der Waals surface area contributed by atoms with Gasteiger partial charge in [0.2, 0.25) is 5.95 Å². The van der Waals surface area contributed by atoms with Crippen molar-refractivity contribution in [3.8, 4) is 11.4 Å². The van der Waals surface area contributed by atoms with E-state index in [1.54, 1.807) is 39.8 Å². The summed E-state index contributed by atoms with van der Waals surface area (Å²) in [6.07, 6.45) is 7.19. The molecule has 1 aliphatic heterocycles. The molecule has 0 saturated carbocycles. The summed E-state index contributed by atoms with van der Waals surface area (Å²) in [5.41, 5.74) is 1.87. The Kier molecular flexibility index (Phi) is 5.76. The van der Waals surface area contributed by atoms with E-state index in [4.69, 9.17) is 14.5 Å². The normalized spacial score (nSPS) is 15.6. The van der Waals surface area contributed by atoms with Crippen LogP contribution in [0.15, 0.2) is 49.1 Å². The molecule has 5 rings (SSSR count). The van der Waals surface area contributed by atoms with Crippen molar-refractivity contribution in [3.63, 3.8) is 0 Å². The third kappa shape index (κ3) is 4.01. The molecule has 0 amide bonds. The van der Waals surface area contributed by atoms with Gasteiger partial charge in [-0.25, -0.2) is 14.3 Å². The number of carbonyl (C=O) groups is 1. The topological polar surface area (TPSA) is 119 Å². The molecule has 1 atom stereocenters. The summed E-state index contributed by atoms with van der Waals surface area (Å²) >= 11 is 0. The average Bonchev–Trinajstić information content (AvgIpc) is 3.63. The third-order valence-corrected chi connectivity index (χ3v) is 5.90. The number of imidazole rings is 1. The number of anilines is 3. The molecule has 1 fully saturated rings. The zero-order valence-electron chi connectivity index (χ0n) is 18.9. The van der Waals surface area contributed by atoms with Gasteiger partial charge in [0, 0.05) is 18.8 Å². The number of carbonyl (C=O) groups excluding carboxylic acids is 1. The van der Waals surface area contributed by atoms with Crippen LogP contribution in [0.25, 0.3) is 11.2 Å². The van der Waals surface area contributed by atoms with Crippen molar-refractivity contribution in [2.24, 2.45) is 0 Å². The Bertz CT molecular complexity index is 1330. The largest absolute Gasteiger partial charge is 0.497 e. The van der Waals surface area contributed by atoms with E-state index < -0.39 is 5.97 Å². The molecule has 4 heterocycles. The van der Waals surface area contributed by atoms with Gasteiger partial charge in [-0.2, -0.15) is 4.98 Å². The summed E-state index contributed by atoms with van der Waals surface area (Å²) in [7, 11) is 2.88. The summed E-state index contributed by atoms with van der Waals surface area (Å²) < 4.78 is 13.7. The molecule has 2 N–H and O–H groups in total. The minimum atomic E-state index is -0.453. The van der Waals surface area contributed by atoms with E-state index in [0.29, 0.717) is 34.6 Å². The molecular weight excluding hydrogens is 438 g/mol. The van der Waals surface area contributed by atoms with Gasteiger partial charge in [0.05, 0.1) is 44.3 Å². The van der Waals surface area contributed by atoms with Gasteiger partial charge in [0.15, 0.2) is 5.82 Å². The van der Waals surface area contributed by atoms with Crippen LogP contribution in [0.3, 0.4) is 0 Å². The van der Waals surface area contributed by atoms with Gasteiger partial charge < -0.3 is 29.4 Å². The van der Waals surface area contributed by atoms with E-state index in [-0.39, 0.29) is 12.6 Å². The highest BCUT2D eigenvalue weighted by Crippen LogP contribution is 2.27. The van der Waals surface area contributed by atoms with Gasteiger partial charge in [-0.1, -0.05) is 0 Å². The Morgan fingerprint density at radius 2 is 2.18 bits per heavy atom. The smallest absolute Gasteiger partial charge is 0.338 e. The molecule has 0 radical (unpaired) electrons. The van der Waals surface area contributed by atoms with Crippen molar-refractivity contribution < 1.29 is 19.4 Å². The van der Waals surface area contributed by atoms with Crippen LogP contribution < -0.4 is 15.0 Å². The maximum absolute atomic E-state index is 12.0. The monoisotopic (exact) mass is 463 g/mol. The predicted octanol–water partition coefficient (Wildman–Crippen LogP) is 2.41. The van der Waals surface area contributed by atoms with Crippen LogP contribution in [0.2, 0.25) is 0 Å². The number of aliphatic hydroxyl groups is 1. The Labute approximate surface area is 195 Å². The molecule has 0 aliphatic carbocycles. The van der Waals surface area contributed by atoms with Crippen LogP contribution in [0.4, 0.5) is 17.6 Å². The number of aliphatic hydroxyl groups excluding tert-OH is 1. The van der Waals surface area contributed by atoms with Gasteiger partial charge in [-0.3, -0.25) is 0 Å².